The molecule has 3 atom stereocenters. The number of nitrogens with one attached hydrogen (secondary N) is 1. The monoisotopic (exact) mass is 384 g/mol. The molecule has 142 valence electrons. The molecule has 0 aromatic heterocycles. The van der Waals surface area contributed by atoms with Crippen molar-refractivity contribution in [2.24, 2.45) is 5.92 Å². The van der Waals surface area contributed by atoms with Crippen molar-refractivity contribution in [2.45, 2.75) is 18.6 Å². The van der Waals surface area contributed by atoms with Crippen LogP contribution in [0.1, 0.15) is 18.4 Å². The summed E-state index contributed by atoms with van der Waals surface area (Å²) in [5.41, 5.74) is 2.28. The van der Waals surface area contributed by atoms with E-state index in [9.17, 15) is 4.79 Å². The van der Waals surface area contributed by atoms with Gasteiger partial charge in [0, 0.05) is 18.8 Å². The number of carbonyl (C=O) groups is 1. The lowest BCUT2D eigenvalue weighted by atomic mass is 9.90. The lowest BCUT2D eigenvalue weighted by molar-refractivity contribution is -0.123. The van der Waals surface area contributed by atoms with Gasteiger partial charge in [-0.1, -0.05) is 26.8 Å². The Kier molecular flexibility index (Phi) is 5.33. The van der Waals surface area contributed by atoms with Crippen LogP contribution in [-0.2, 0) is 4.79 Å². The van der Waals surface area contributed by atoms with E-state index in [1.807, 2.05) is 23.1 Å². The fourth-order valence-corrected chi connectivity index (χ4v) is 5.23. The smallest absolute Gasteiger partial charge is 0.252 e. The van der Waals surface area contributed by atoms with Crippen LogP contribution < -0.4 is 14.8 Å². The van der Waals surface area contributed by atoms with E-state index in [1.54, 1.807) is 20.3 Å². The molecule has 3 unspecified atom stereocenters. The number of piperidine rings is 1. The van der Waals surface area contributed by atoms with Gasteiger partial charge in [-0.3, -0.25) is 4.79 Å². The van der Waals surface area contributed by atoms with E-state index < -0.39 is 0 Å². The van der Waals surface area contributed by atoms with Crippen LogP contribution in [0.25, 0.3) is 5.31 Å². The zero-order valence-electron chi connectivity index (χ0n) is 15.7. The summed E-state index contributed by atoms with van der Waals surface area (Å²) < 4.78 is 10.7. The molecule has 0 bridgehead atoms. The van der Waals surface area contributed by atoms with Gasteiger partial charge in [0.25, 0.3) is 5.91 Å². The van der Waals surface area contributed by atoms with E-state index in [2.05, 4.69) is 23.7 Å². The van der Waals surface area contributed by atoms with Crippen LogP contribution in [0.4, 0.5) is 0 Å². The molecule has 3 aliphatic rings. The minimum absolute atomic E-state index is 0.0501. The molecule has 1 aromatic rings. The SMILES string of the molecule is COc1ccc(C2=CC(=O)N3C=C(C4CCCNC4)C=CC3P2)cc1OC. The van der Waals surface area contributed by atoms with Gasteiger partial charge >= 0.3 is 0 Å². The zero-order valence-corrected chi connectivity index (χ0v) is 16.7. The second-order valence-corrected chi connectivity index (χ2v) is 8.41. The summed E-state index contributed by atoms with van der Waals surface area (Å²) in [5, 5.41) is 4.51. The Morgan fingerprint density at radius 1 is 1.22 bits per heavy atom. The van der Waals surface area contributed by atoms with E-state index >= 15 is 0 Å². The number of carbonyl (C=O) groups excluding carboxylic acids is 1. The number of rotatable bonds is 4. The van der Waals surface area contributed by atoms with Gasteiger partial charge in [-0.25, -0.2) is 0 Å². The molecule has 1 aromatic carbocycles. The molecule has 0 spiro atoms. The Bertz CT molecular complexity index is 825. The molecule has 3 aliphatic heterocycles. The summed E-state index contributed by atoms with van der Waals surface area (Å²) >= 11 is 0. The van der Waals surface area contributed by atoms with Crippen molar-refractivity contribution >= 4 is 19.8 Å². The Morgan fingerprint density at radius 3 is 2.81 bits per heavy atom. The fourth-order valence-electron chi connectivity index (χ4n) is 3.84. The van der Waals surface area contributed by atoms with Crippen molar-refractivity contribution < 1.29 is 14.3 Å². The number of nitrogens with zero attached hydrogens (tertiary/aromatic N) is 1. The minimum atomic E-state index is 0.0501. The molecule has 1 amide bonds. The second-order valence-electron chi connectivity index (χ2n) is 6.99. The molecule has 4 rings (SSSR count). The normalized spacial score (nSPS) is 25.7. The highest BCUT2D eigenvalue weighted by atomic mass is 31.1. The Balaban J connectivity index is 1.58. The molecule has 0 aliphatic carbocycles. The molecule has 1 N–H and O–H groups in total. The van der Waals surface area contributed by atoms with Crippen molar-refractivity contribution in [1.29, 1.82) is 0 Å². The number of allylic oxidation sites excluding steroid dienone is 1. The number of benzene rings is 1. The average Bonchev–Trinajstić information content (AvgIpc) is 2.73. The standard InChI is InChI=1S/C21H25N2O3P/c1-25-17-7-5-14(10-18(17)26-2)19-11-20(24)23-13-16(6-8-21(23)27-19)15-4-3-9-22-12-15/h5-8,10-11,13,15,21-22,27H,3-4,9,12H2,1-2H3. The van der Waals surface area contributed by atoms with Crippen LogP contribution in [0, 0.1) is 5.92 Å². The van der Waals surface area contributed by atoms with Crippen molar-refractivity contribution in [3.63, 3.8) is 0 Å². The molecular formula is C21H25N2O3P. The van der Waals surface area contributed by atoms with E-state index in [0.717, 1.165) is 24.0 Å². The maximum absolute atomic E-state index is 12.8. The first-order chi connectivity index (χ1) is 13.2. The highest BCUT2D eigenvalue weighted by Crippen LogP contribution is 2.46. The van der Waals surface area contributed by atoms with Crippen molar-refractivity contribution in [1.82, 2.24) is 10.2 Å². The third kappa shape index (κ3) is 3.67. The number of ether oxygens (including phenoxy) is 2. The summed E-state index contributed by atoms with van der Waals surface area (Å²) in [5.74, 6) is 2.03. The number of hydrogen-bond donors (Lipinski definition) is 1. The van der Waals surface area contributed by atoms with Crippen LogP contribution >= 0.6 is 8.58 Å². The summed E-state index contributed by atoms with van der Waals surface area (Å²) in [7, 11) is 3.75. The van der Waals surface area contributed by atoms with E-state index in [-0.39, 0.29) is 11.7 Å². The maximum atomic E-state index is 12.8. The molecule has 3 heterocycles. The Morgan fingerprint density at radius 2 is 2.07 bits per heavy atom. The van der Waals surface area contributed by atoms with Crippen molar-refractivity contribution in [3.05, 3.63) is 53.8 Å². The van der Waals surface area contributed by atoms with E-state index in [1.165, 1.54) is 18.4 Å². The molecule has 1 fully saturated rings. The molecule has 1 saturated heterocycles. The highest BCUT2D eigenvalue weighted by molar-refractivity contribution is 7.51. The van der Waals surface area contributed by atoms with Gasteiger partial charge in [0.1, 0.15) is 0 Å². The maximum Gasteiger partial charge on any atom is 0.252 e. The van der Waals surface area contributed by atoms with Gasteiger partial charge < -0.3 is 19.7 Å². The van der Waals surface area contributed by atoms with Crippen molar-refractivity contribution in [3.8, 4) is 11.5 Å². The topological polar surface area (TPSA) is 50.8 Å². The minimum Gasteiger partial charge on any atom is -0.493 e. The number of hydrogen-bond acceptors (Lipinski definition) is 4. The van der Waals surface area contributed by atoms with Gasteiger partial charge in [-0.2, -0.15) is 0 Å². The average molecular weight is 384 g/mol. The molecule has 5 nitrogen and oxygen atoms in total. The fraction of sp³-hybridized carbons (Fsp3) is 0.381. The molecule has 27 heavy (non-hydrogen) atoms. The molecule has 0 saturated carbocycles. The predicted molar refractivity (Wildman–Crippen MR) is 109 cm³/mol. The van der Waals surface area contributed by atoms with Crippen molar-refractivity contribution in [2.75, 3.05) is 27.3 Å². The van der Waals surface area contributed by atoms with Gasteiger partial charge in [0.2, 0.25) is 0 Å². The first-order valence-corrected chi connectivity index (χ1v) is 10.4. The zero-order chi connectivity index (χ0) is 18.8. The van der Waals surface area contributed by atoms with Gasteiger partial charge in [0.05, 0.1) is 20.0 Å². The highest BCUT2D eigenvalue weighted by Gasteiger charge is 2.30. The third-order valence-corrected chi connectivity index (χ3v) is 6.86. The van der Waals surface area contributed by atoms with Crippen LogP contribution in [0.5, 0.6) is 11.5 Å². The largest absolute Gasteiger partial charge is 0.493 e. The Hall–Kier alpha value is -2.10. The summed E-state index contributed by atoms with van der Waals surface area (Å²) in [6.45, 7) is 2.09. The Labute approximate surface area is 161 Å². The number of fused-ring (bicyclic) bond motifs is 1. The summed E-state index contributed by atoms with van der Waals surface area (Å²) in [6, 6.07) is 5.83. The lowest BCUT2D eigenvalue weighted by Gasteiger charge is -2.36. The lowest BCUT2D eigenvalue weighted by Crippen LogP contribution is -2.37. The number of amides is 1. The van der Waals surface area contributed by atoms with Crippen LogP contribution in [0.2, 0.25) is 0 Å². The first-order valence-electron chi connectivity index (χ1n) is 9.33. The molecule has 6 heteroatoms. The quantitative estimate of drug-likeness (QED) is 0.809. The first kappa shape index (κ1) is 18.3. The van der Waals surface area contributed by atoms with Crippen LogP contribution in [0.3, 0.4) is 0 Å². The second kappa shape index (κ2) is 7.87. The summed E-state index contributed by atoms with van der Waals surface area (Å²) in [6.07, 6.45) is 10.6. The van der Waals surface area contributed by atoms with E-state index in [0.29, 0.717) is 26.0 Å². The molecule has 0 radical (unpaired) electrons. The third-order valence-electron chi connectivity index (χ3n) is 5.35. The van der Waals surface area contributed by atoms with Crippen LogP contribution in [0.15, 0.2) is 48.2 Å². The van der Waals surface area contributed by atoms with Gasteiger partial charge in [0.15, 0.2) is 11.5 Å². The number of methoxy groups -OCH3 is 2. The van der Waals surface area contributed by atoms with Gasteiger partial charge in [-0.05, 0) is 53.9 Å². The molecular weight excluding hydrogens is 359 g/mol. The van der Waals surface area contributed by atoms with Gasteiger partial charge in [-0.15, -0.1) is 0 Å². The van der Waals surface area contributed by atoms with Crippen LogP contribution in [-0.4, -0.2) is 43.9 Å². The predicted octanol–water partition coefficient (Wildman–Crippen LogP) is 3.34. The van der Waals surface area contributed by atoms with E-state index in [4.69, 9.17) is 9.47 Å². The summed E-state index contributed by atoms with van der Waals surface area (Å²) in [4.78, 5) is 14.7.